The van der Waals surface area contributed by atoms with Crippen molar-refractivity contribution in [1.82, 2.24) is 9.97 Å². The number of halogens is 6. The first-order valence-electron chi connectivity index (χ1n) is 7.54. The van der Waals surface area contributed by atoms with Crippen LogP contribution in [0.25, 0.3) is 11.0 Å². The molecular formula is C17H12BrClF4N2O2. The van der Waals surface area contributed by atoms with E-state index in [1.807, 2.05) is 0 Å². The molecule has 27 heavy (non-hydrogen) atoms. The van der Waals surface area contributed by atoms with Gasteiger partial charge in [-0.15, -0.1) is 0 Å². The molecule has 0 spiro atoms. The summed E-state index contributed by atoms with van der Waals surface area (Å²) in [6.07, 6.45) is -2.42. The number of alkyl halides is 3. The SMILES string of the molecule is COC(c1c(Cl)ccc(OCC(F)(F)F)c1F)c1c[nH]c2ncc(Br)cc12. The van der Waals surface area contributed by atoms with E-state index in [2.05, 4.69) is 30.6 Å². The van der Waals surface area contributed by atoms with E-state index in [0.29, 0.717) is 21.1 Å². The van der Waals surface area contributed by atoms with Crippen LogP contribution >= 0.6 is 27.5 Å². The zero-order valence-electron chi connectivity index (χ0n) is 13.7. The summed E-state index contributed by atoms with van der Waals surface area (Å²) >= 11 is 9.45. The number of nitrogens with zero attached hydrogens (tertiary/aromatic N) is 1. The van der Waals surface area contributed by atoms with E-state index in [1.54, 1.807) is 18.5 Å². The van der Waals surface area contributed by atoms with Gasteiger partial charge in [-0.1, -0.05) is 11.6 Å². The number of aromatic amines is 1. The predicted molar refractivity (Wildman–Crippen MR) is 95.6 cm³/mol. The van der Waals surface area contributed by atoms with Crippen LogP contribution in [0.4, 0.5) is 17.6 Å². The second kappa shape index (κ2) is 7.65. The number of benzene rings is 1. The van der Waals surface area contributed by atoms with Gasteiger partial charge in [-0.25, -0.2) is 9.37 Å². The molecule has 0 saturated heterocycles. The highest BCUT2D eigenvalue weighted by Gasteiger charge is 2.31. The molecule has 2 heterocycles. The highest BCUT2D eigenvalue weighted by molar-refractivity contribution is 9.10. The first-order valence-corrected chi connectivity index (χ1v) is 8.71. The van der Waals surface area contributed by atoms with E-state index in [-0.39, 0.29) is 10.6 Å². The third-order valence-electron chi connectivity index (χ3n) is 3.79. The molecule has 3 aromatic rings. The summed E-state index contributed by atoms with van der Waals surface area (Å²) in [5.74, 6) is -1.58. The lowest BCUT2D eigenvalue weighted by molar-refractivity contribution is -0.153. The third-order valence-corrected chi connectivity index (χ3v) is 4.56. The van der Waals surface area contributed by atoms with Gasteiger partial charge in [0, 0.05) is 45.5 Å². The molecule has 0 radical (unpaired) electrons. The maximum Gasteiger partial charge on any atom is 0.422 e. The van der Waals surface area contributed by atoms with Crippen LogP contribution in [0.3, 0.4) is 0 Å². The molecular weight excluding hydrogens is 456 g/mol. The molecule has 0 aliphatic rings. The molecule has 1 N–H and O–H groups in total. The van der Waals surface area contributed by atoms with E-state index < -0.39 is 30.5 Å². The second-order valence-corrected chi connectivity index (χ2v) is 6.91. The maximum atomic E-state index is 14.9. The Morgan fingerprint density at radius 3 is 2.74 bits per heavy atom. The summed E-state index contributed by atoms with van der Waals surface area (Å²) in [6, 6.07) is 4.07. The van der Waals surface area contributed by atoms with Gasteiger partial charge in [0.05, 0.1) is 0 Å². The molecule has 0 aliphatic heterocycles. The molecule has 10 heteroatoms. The van der Waals surface area contributed by atoms with E-state index in [9.17, 15) is 17.6 Å². The Bertz CT molecular complexity index is 977. The van der Waals surface area contributed by atoms with Gasteiger partial charge >= 0.3 is 6.18 Å². The molecule has 4 nitrogen and oxygen atoms in total. The minimum Gasteiger partial charge on any atom is -0.481 e. The van der Waals surface area contributed by atoms with Gasteiger partial charge in [-0.2, -0.15) is 13.2 Å². The average Bonchev–Trinajstić information content (AvgIpc) is 3.00. The number of ether oxygens (including phenoxy) is 2. The third kappa shape index (κ3) is 4.20. The Morgan fingerprint density at radius 2 is 2.07 bits per heavy atom. The van der Waals surface area contributed by atoms with Crippen LogP contribution in [0, 0.1) is 5.82 Å². The van der Waals surface area contributed by atoms with Crippen LogP contribution in [0.2, 0.25) is 5.02 Å². The Hall–Kier alpha value is -1.84. The second-order valence-electron chi connectivity index (χ2n) is 5.59. The average molecular weight is 468 g/mol. The largest absolute Gasteiger partial charge is 0.481 e. The topological polar surface area (TPSA) is 47.1 Å². The first kappa shape index (κ1) is 19.9. The minimum absolute atomic E-state index is 0.00369. The Kier molecular flexibility index (Phi) is 5.64. The maximum absolute atomic E-state index is 14.9. The Labute approximate surface area is 164 Å². The number of hydrogen-bond acceptors (Lipinski definition) is 3. The van der Waals surface area contributed by atoms with Crippen molar-refractivity contribution in [2.75, 3.05) is 13.7 Å². The molecule has 144 valence electrons. The van der Waals surface area contributed by atoms with Crippen molar-refractivity contribution < 1.29 is 27.0 Å². The Balaban J connectivity index is 2.08. The van der Waals surface area contributed by atoms with E-state index in [4.69, 9.17) is 16.3 Å². The molecule has 0 aliphatic carbocycles. The quantitative estimate of drug-likeness (QED) is 0.483. The molecule has 1 aromatic carbocycles. The van der Waals surface area contributed by atoms with Gasteiger partial charge in [-0.3, -0.25) is 0 Å². The number of fused-ring (bicyclic) bond motifs is 1. The van der Waals surface area contributed by atoms with E-state index in [0.717, 1.165) is 6.07 Å². The summed E-state index contributed by atoms with van der Waals surface area (Å²) in [7, 11) is 1.34. The number of hydrogen-bond donors (Lipinski definition) is 1. The van der Waals surface area contributed by atoms with Crippen LogP contribution in [0.1, 0.15) is 17.2 Å². The standard InChI is InChI=1S/C17H12BrClF4N2O2/c1-26-15(10-6-25-16-9(10)4-8(18)5-24-16)13-11(19)2-3-12(14(13)20)27-7-17(21,22)23/h2-6,15H,7H2,1H3,(H,24,25). The van der Waals surface area contributed by atoms with Crippen LogP contribution in [0.5, 0.6) is 5.75 Å². The predicted octanol–water partition coefficient (Wildman–Crippen LogP) is 5.79. The van der Waals surface area contributed by atoms with Gasteiger partial charge in [0.1, 0.15) is 11.8 Å². The van der Waals surface area contributed by atoms with Gasteiger partial charge in [0.15, 0.2) is 18.2 Å². The molecule has 0 saturated carbocycles. The molecule has 0 bridgehead atoms. The van der Waals surface area contributed by atoms with Crippen LogP contribution < -0.4 is 4.74 Å². The zero-order chi connectivity index (χ0) is 19.8. The lowest BCUT2D eigenvalue weighted by atomic mass is 10.0. The van der Waals surface area contributed by atoms with Gasteiger partial charge in [0.2, 0.25) is 0 Å². The van der Waals surface area contributed by atoms with E-state index >= 15 is 0 Å². The number of pyridine rings is 1. The molecule has 1 atom stereocenters. The van der Waals surface area contributed by atoms with Gasteiger partial charge < -0.3 is 14.5 Å². The lowest BCUT2D eigenvalue weighted by Crippen LogP contribution is -2.20. The number of methoxy groups -OCH3 is 1. The summed E-state index contributed by atoms with van der Waals surface area (Å²) in [5.41, 5.74) is 0.936. The number of rotatable bonds is 5. The fraction of sp³-hybridized carbons (Fsp3) is 0.235. The zero-order valence-corrected chi connectivity index (χ0v) is 16.0. The summed E-state index contributed by atoms with van der Waals surface area (Å²) < 4.78 is 62.8. The normalized spacial score (nSPS) is 13.1. The fourth-order valence-electron chi connectivity index (χ4n) is 2.68. The van der Waals surface area contributed by atoms with Crippen LogP contribution in [-0.2, 0) is 4.74 Å². The Morgan fingerprint density at radius 1 is 1.33 bits per heavy atom. The molecule has 0 amide bonds. The lowest BCUT2D eigenvalue weighted by Gasteiger charge is -2.19. The monoisotopic (exact) mass is 466 g/mol. The molecule has 3 rings (SSSR count). The van der Waals surface area contributed by atoms with Crippen molar-refractivity contribution in [1.29, 1.82) is 0 Å². The highest BCUT2D eigenvalue weighted by atomic mass is 79.9. The first-order chi connectivity index (χ1) is 12.7. The van der Waals surface area contributed by atoms with Crippen molar-refractivity contribution in [3.63, 3.8) is 0 Å². The van der Waals surface area contributed by atoms with Crippen molar-refractivity contribution in [3.8, 4) is 5.75 Å². The van der Waals surface area contributed by atoms with Crippen molar-refractivity contribution in [2.45, 2.75) is 12.3 Å². The molecule has 1 unspecified atom stereocenters. The molecule has 0 fully saturated rings. The highest BCUT2D eigenvalue weighted by Crippen LogP contribution is 2.39. The molecule has 2 aromatic heterocycles. The van der Waals surface area contributed by atoms with Crippen LogP contribution in [-0.4, -0.2) is 29.9 Å². The number of aromatic nitrogens is 2. The summed E-state index contributed by atoms with van der Waals surface area (Å²) in [4.78, 5) is 7.14. The van der Waals surface area contributed by atoms with Crippen molar-refractivity contribution in [3.05, 3.63) is 57.0 Å². The van der Waals surface area contributed by atoms with Crippen molar-refractivity contribution in [2.24, 2.45) is 0 Å². The number of nitrogens with one attached hydrogen (secondary N) is 1. The fourth-order valence-corrected chi connectivity index (χ4v) is 3.25. The van der Waals surface area contributed by atoms with Gasteiger partial charge in [-0.05, 0) is 34.1 Å². The van der Waals surface area contributed by atoms with Crippen LogP contribution in [0.15, 0.2) is 35.1 Å². The minimum atomic E-state index is -4.60. The van der Waals surface area contributed by atoms with Crippen molar-refractivity contribution >= 4 is 38.6 Å². The smallest absolute Gasteiger partial charge is 0.422 e. The summed E-state index contributed by atoms with van der Waals surface area (Å²) in [6.45, 7) is -1.62. The van der Waals surface area contributed by atoms with E-state index in [1.165, 1.54) is 13.2 Å². The van der Waals surface area contributed by atoms with Gasteiger partial charge in [0.25, 0.3) is 0 Å². The summed E-state index contributed by atoms with van der Waals surface area (Å²) in [5, 5.41) is 0.643. The number of H-pyrrole nitrogens is 1.